The summed E-state index contributed by atoms with van der Waals surface area (Å²) < 4.78 is 50.9. The molecule has 0 aliphatic rings. The van der Waals surface area contributed by atoms with Crippen LogP contribution in [-0.2, 0) is 9.53 Å². The minimum absolute atomic E-state index is 0.368. The molecule has 0 heterocycles. The second-order valence-corrected chi connectivity index (χ2v) is 2.31. The number of hydrogen-bond donors (Lipinski definition) is 0. The van der Waals surface area contributed by atoms with E-state index in [1.807, 2.05) is 0 Å². The van der Waals surface area contributed by atoms with Gasteiger partial charge in [0.1, 0.15) is 0 Å². The van der Waals surface area contributed by atoms with Gasteiger partial charge in [0.15, 0.2) is 0 Å². The number of esters is 1. The van der Waals surface area contributed by atoms with Gasteiger partial charge in [-0.3, -0.25) is 0 Å². The zero-order valence-electron chi connectivity index (χ0n) is 5.91. The molecule has 0 spiro atoms. The highest BCUT2D eigenvalue weighted by atomic mass is 35.5. The molecule has 1 atom stereocenters. The molecule has 0 aliphatic carbocycles. The van der Waals surface area contributed by atoms with Crippen molar-refractivity contribution in [3.63, 3.8) is 0 Å². The molecule has 0 amide bonds. The summed E-state index contributed by atoms with van der Waals surface area (Å²) in [5.74, 6) is -2.14. The summed E-state index contributed by atoms with van der Waals surface area (Å²) >= 11 is 4.28. The molecule has 0 aromatic carbocycles. The fraction of sp³-hybridized carbons (Fsp3) is 0.800. The van der Waals surface area contributed by atoms with Crippen LogP contribution < -0.4 is 0 Å². The maximum absolute atomic E-state index is 12.3. The summed E-state index contributed by atoms with van der Waals surface area (Å²) in [6.45, 7) is 0.870. The lowest BCUT2D eigenvalue weighted by Crippen LogP contribution is -2.44. The SMILES string of the molecule is CCOC(=O)C(F)(Cl)C(F)(F)F. The van der Waals surface area contributed by atoms with Gasteiger partial charge in [0.25, 0.3) is 0 Å². The Balaban J connectivity index is 4.50. The lowest BCUT2D eigenvalue weighted by molar-refractivity contribution is -0.213. The summed E-state index contributed by atoms with van der Waals surface area (Å²) in [6.07, 6.45) is -5.46. The normalized spacial score (nSPS) is 16.8. The van der Waals surface area contributed by atoms with Crippen molar-refractivity contribution in [2.75, 3.05) is 6.61 Å². The molecule has 12 heavy (non-hydrogen) atoms. The molecule has 0 radical (unpaired) electrons. The summed E-state index contributed by atoms with van der Waals surface area (Å²) in [4.78, 5) is 10.3. The van der Waals surface area contributed by atoms with E-state index >= 15 is 0 Å². The van der Waals surface area contributed by atoms with Gasteiger partial charge in [-0.1, -0.05) is 11.6 Å². The van der Waals surface area contributed by atoms with Gasteiger partial charge in [-0.2, -0.15) is 13.2 Å². The van der Waals surface area contributed by atoms with E-state index in [9.17, 15) is 22.4 Å². The standard InChI is InChI=1S/C5H5ClF4O2/c1-2-12-3(11)4(6,7)5(8,9)10/h2H2,1H3. The Labute approximate surface area is 70.4 Å². The van der Waals surface area contributed by atoms with Crippen LogP contribution in [0.3, 0.4) is 0 Å². The maximum Gasteiger partial charge on any atom is 0.448 e. The van der Waals surface area contributed by atoms with Gasteiger partial charge in [-0.05, 0) is 6.92 Å². The van der Waals surface area contributed by atoms with Gasteiger partial charge in [0.05, 0.1) is 6.61 Å². The van der Waals surface area contributed by atoms with Crippen molar-refractivity contribution in [3.05, 3.63) is 0 Å². The van der Waals surface area contributed by atoms with Gasteiger partial charge in [-0.15, -0.1) is 0 Å². The van der Waals surface area contributed by atoms with Crippen molar-refractivity contribution in [2.24, 2.45) is 0 Å². The Morgan fingerprint density at radius 3 is 2.08 bits per heavy atom. The lowest BCUT2D eigenvalue weighted by Gasteiger charge is -2.18. The average molecular weight is 209 g/mol. The van der Waals surface area contributed by atoms with E-state index < -0.39 is 17.3 Å². The summed E-state index contributed by atoms with van der Waals surface area (Å²) in [7, 11) is 0. The first-order chi connectivity index (χ1) is 5.23. The predicted molar refractivity (Wildman–Crippen MR) is 32.4 cm³/mol. The molecule has 0 aromatic rings. The molecular formula is C5H5ClF4O2. The summed E-state index contributed by atoms with van der Waals surface area (Å²) in [5.41, 5.74) is 0. The van der Waals surface area contributed by atoms with Crippen molar-refractivity contribution in [1.29, 1.82) is 0 Å². The molecule has 7 heteroatoms. The molecule has 0 saturated carbocycles. The molecule has 0 aromatic heterocycles. The number of carbonyl (C=O) groups excluding carboxylic acids is 1. The molecule has 0 N–H and O–H groups in total. The number of halogens is 5. The highest BCUT2D eigenvalue weighted by Gasteiger charge is 2.62. The number of hydrogen-bond acceptors (Lipinski definition) is 2. The summed E-state index contributed by atoms with van der Waals surface area (Å²) in [6, 6.07) is 0. The Morgan fingerprint density at radius 2 is 1.83 bits per heavy atom. The van der Waals surface area contributed by atoms with E-state index in [1.54, 1.807) is 0 Å². The number of ether oxygens (including phenoxy) is 1. The minimum Gasteiger partial charge on any atom is -0.462 e. The Bertz CT molecular complexity index is 177. The highest BCUT2D eigenvalue weighted by Crippen LogP contribution is 2.38. The number of carbonyl (C=O) groups is 1. The van der Waals surface area contributed by atoms with Crippen LogP contribution in [0.4, 0.5) is 17.6 Å². The van der Waals surface area contributed by atoms with E-state index in [1.165, 1.54) is 6.92 Å². The van der Waals surface area contributed by atoms with Crippen LogP contribution in [0.25, 0.3) is 0 Å². The largest absolute Gasteiger partial charge is 0.462 e. The maximum atomic E-state index is 12.3. The fourth-order valence-corrected chi connectivity index (χ4v) is 0.392. The lowest BCUT2D eigenvalue weighted by atomic mass is 10.4. The third kappa shape index (κ3) is 2.23. The predicted octanol–water partition coefficient (Wildman–Crippen LogP) is 2.02. The van der Waals surface area contributed by atoms with Crippen molar-refractivity contribution < 1.29 is 27.1 Å². The molecule has 0 fully saturated rings. The van der Waals surface area contributed by atoms with E-state index in [2.05, 4.69) is 16.3 Å². The second-order valence-electron chi connectivity index (χ2n) is 1.79. The van der Waals surface area contributed by atoms with Crippen LogP contribution in [-0.4, -0.2) is 23.9 Å². The van der Waals surface area contributed by atoms with Gasteiger partial charge < -0.3 is 4.74 Å². The molecule has 72 valence electrons. The average Bonchev–Trinajstić information content (AvgIpc) is 1.85. The van der Waals surface area contributed by atoms with Crippen molar-refractivity contribution >= 4 is 17.6 Å². The molecule has 0 bridgehead atoms. The van der Waals surface area contributed by atoms with Crippen molar-refractivity contribution in [1.82, 2.24) is 0 Å². The third-order valence-corrected chi connectivity index (χ3v) is 1.26. The van der Waals surface area contributed by atoms with Crippen molar-refractivity contribution in [2.45, 2.75) is 18.2 Å². The fourth-order valence-electron chi connectivity index (χ4n) is 0.337. The van der Waals surface area contributed by atoms with Crippen LogP contribution in [0.1, 0.15) is 6.92 Å². The summed E-state index contributed by atoms with van der Waals surface area (Å²) in [5, 5.41) is -4.44. The molecule has 0 rings (SSSR count). The van der Waals surface area contributed by atoms with E-state index in [0.29, 0.717) is 0 Å². The van der Waals surface area contributed by atoms with Gasteiger partial charge in [-0.25, -0.2) is 9.18 Å². The first-order valence-corrected chi connectivity index (χ1v) is 3.23. The van der Waals surface area contributed by atoms with Crippen molar-refractivity contribution in [3.8, 4) is 0 Å². The van der Waals surface area contributed by atoms with Crippen LogP contribution in [0.15, 0.2) is 0 Å². The van der Waals surface area contributed by atoms with E-state index in [-0.39, 0.29) is 6.61 Å². The Morgan fingerprint density at radius 1 is 1.42 bits per heavy atom. The first-order valence-electron chi connectivity index (χ1n) is 2.85. The van der Waals surface area contributed by atoms with E-state index in [0.717, 1.165) is 0 Å². The smallest absolute Gasteiger partial charge is 0.448 e. The molecule has 2 nitrogen and oxygen atoms in total. The van der Waals surface area contributed by atoms with Gasteiger partial charge >= 0.3 is 17.3 Å². The van der Waals surface area contributed by atoms with Crippen LogP contribution in [0.5, 0.6) is 0 Å². The van der Waals surface area contributed by atoms with Crippen LogP contribution in [0.2, 0.25) is 0 Å². The topological polar surface area (TPSA) is 26.3 Å². The van der Waals surface area contributed by atoms with Gasteiger partial charge in [0, 0.05) is 0 Å². The van der Waals surface area contributed by atoms with E-state index in [4.69, 9.17) is 0 Å². The zero-order chi connectivity index (χ0) is 9.99. The highest BCUT2D eigenvalue weighted by molar-refractivity contribution is 6.33. The molecular weight excluding hydrogens is 203 g/mol. The Hall–Kier alpha value is -0.520. The molecule has 1 unspecified atom stereocenters. The first kappa shape index (κ1) is 11.5. The Kier molecular flexibility index (Phi) is 3.32. The van der Waals surface area contributed by atoms with Crippen LogP contribution >= 0.6 is 11.6 Å². The third-order valence-electron chi connectivity index (χ3n) is 0.888. The second kappa shape index (κ2) is 3.47. The number of rotatable bonds is 2. The van der Waals surface area contributed by atoms with Crippen LogP contribution in [0, 0.1) is 0 Å². The van der Waals surface area contributed by atoms with Gasteiger partial charge in [0.2, 0.25) is 0 Å². The quantitative estimate of drug-likeness (QED) is 0.394. The number of alkyl halides is 5. The minimum atomic E-state index is -5.46. The molecule has 0 saturated heterocycles. The zero-order valence-corrected chi connectivity index (χ0v) is 6.67. The monoisotopic (exact) mass is 208 g/mol. The molecule has 0 aliphatic heterocycles.